The number of carbonyl (C=O) groups is 2. The minimum Gasteiger partial charge on any atom is -0.465 e. The summed E-state index contributed by atoms with van der Waals surface area (Å²) in [6.45, 7) is 0. The predicted molar refractivity (Wildman–Crippen MR) is 134 cm³/mol. The van der Waals surface area contributed by atoms with E-state index in [1.807, 2.05) is 65.6 Å². The molecule has 5 rings (SSSR count). The molecule has 0 N–H and O–H groups in total. The maximum atomic E-state index is 13.3. The summed E-state index contributed by atoms with van der Waals surface area (Å²) in [4.78, 5) is 27.4. The lowest BCUT2D eigenvalue weighted by atomic mass is 9.92. The SMILES string of the molecule is COC(=O)c1cccc(/C(=C2/C=C(Cc3ccccc3)C=CC2)N2C(=O)Cc3ccccc32)c1. The fourth-order valence-electron chi connectivity index (χ4n) is 4.64. The van der Waals surface area contributed by atoms with E-state index in [4.69, 9.17) is 4.74 Å². The van der Waals surface area contributed by atoms with Gasteiger partial charge in [0.1, 0.15) is 0 Å². The summed E-state index contributed by atoms with van der Waals surface area (Å²) >= 11 is 0. The van der Waals surface area contributed by atoms with Gasteiger partial charge < -0.3 is 4.74 Å². The standard InChI is InChI=1S/C30H25NO3/c1-34-30(33)26-15-8-14-25(19-26)29(31-27-16-6-5-12-23(27)20-28(31)32)24-13-7-11-22(18-24)17-21-9-3-2-4-10-21/h2-12,14-16,18-19H,13,17,20H2,1H3/b29-24-. The molecule has 1 aliphatic carbocycles. The molecule has 0 radical (unpaired) electrons. The maximum Gasteiger partial charge on any atom is 0.337 e. The molecule has 1 heterocycles. The van der Waals surface area contributed by atoms with Crippen LogP contribution in [0.4, 0.5) is 5.69 Å². The van der Waals surface area contributed by atoms with E-state index in [2.05, 4.69) is 30.4 Å². The van der Waals surface area contributed by atoms with Crippen LogP contribution in [-0.2, 0) is 22.4 Å². The fraction of sp³-hybridized carbons (Fsp3) is 0.133. The third-order valence-corrected chi connectivity index (χ3v) is 6.19. The van der Waals surface area contributed by atoms with Crippen molar-refractivity contribution in [1.29, 1.82) is 0 Å². The van der Waals surface area contributed by atoms with Crippen LogP contribution in [0.25, 0.3) is 5.70 Å². The highest BCUT2D eigenvalue weighted by Crippen LogP contribution is 2.39. The summed E-state index contributed by atoms with van der Waals surface area (Å²) < 4.78 is 4.94. The van der Waals surface area contributed by atoms with E-state index in [1.54, 1.807) is 6.07 Å². The number of nitrogens with zero attached hydrogens (tertiary/aromatic N) is 1. The molecule has 0 saturated carbocycles. The molecule has 0 atom stereocenters. The van der Waals surface area contributed by atoms with Crippen LogP contribution in [0.5, 0.6) is 0 Å². The van der Waals surface area contributed by atoms with Gasteiger partial charge in [-0.15, -0.1) is 0 Å². The molecule has 4 nitrogen and oxygen atoms in total. The molecule has 0 unspecified atom stereocenters. The lowest BCUT2D eigenvalue weighted by Gasteiger charge is -2.26. The number of anilines is 1. The molecular formula is C30H25NO3. The molecule has 0 fully saturated rings. The summed E-state index contributed by atoms with van der Waals surface area (Å²) in [5.41, 5.74) is 7.44. The largest absolute Gasteiger partial charge is 0.465 e. The summed E-state index contributed by atoms with van der Waals surface area (Å²) in [7, 11) is 1.37. The summed E-state index contributed by atoms with van der Waals surface area (Å²) in [5, 5.41) is 0. The topological polar surface area (TPSA) is 46.6 Å². The third kappa shape index (κ3) is 4.23. The van der Waals surface area contributed by atoms with Crippen LogP contribution < -0.4 is 4.90 Å². The quantitative estimate of drug-likeness (QED) is 0.457. The number of hydrogen-bond acceptors (Lipinski definition) is 3. The Hall–Kier alpha value is -4.18. The summed E-state index contributed by atoms with van der Waals surface area (Å²) in [5.74, 6) is -0.372. The number of methoxy groups -OCH3 is 1. The van der Waals surface area contributed by atoms with Gasteiger partial charge in [0.2, 0.25) is 5.91 Å². The second kappa shape index (κ2) is 9.36. The van der Waals surface area contributed by atoms with E-state index in [-0.39, 0.29) is 5.91 Å². The van der Waals surface area contributed by atoms with E-state index in [0.29, 0.717) is 18.4 Å². The predicted octanol–water partition coefficient (Wildman–Crippen LogP) is 5.90. The molecule has 1 aliphatic heterocycles. The monoisotopic (exact) mass is 447 g/mol. The summed E-state index contributed by atoms with van der Waals surface area (Å²) in [6, 6.07) is 25.6. The van der Waals surface area contributed by atoms with Gasteiger partial charge in [0, 0.05) is 0 Å². The highest BCUT2D eigenvalue weighted by molar-refractivity contribution is 6.12. The van der Waals surface area contributed by atoms with Gasteiger partial charge in [0.25, 0.3) is 0 Å². The van der Waals surface area contributed by atoms with E-state index in [9.17, 15) is 9.59 Å². The molecule has 34 heavy (non-hydrogen) atoms. The second-order valence-electron chi connectivity index (χ2n) is 8.47. The Morgan fingerprint density at radius 1 is 0.941 bits per heavy atom. The van der Waals surface area contributed by atoms with Crippen molar-refractivity contribution in [3.8, 4) is 0 Å². The van der Waals surface area contributed by atoms with Crippen LogP contribution in [0, 0.1) is 0 Å². The number of amides is 1. The van der Waals surface area contributed by atoms with Crippen molar-refractivity contribution in [3.05, 3.63) is 130 Å². The first kappa shape index (κ1) is 21.7. The van der Waals surface area contributed by atoms with Crippen LogP contribution in [0.3, 0.4) is 0 Å². The van der Waals surface area contributed by atoms with Gasteiger partial charge in [0.05, 0.1) is 30.5 Å². The molecule has 3 aromatic carbocycles. The highest BCUT2D eigenvalue weighted by Gasteiger charge is 2.32. The Balaban J connectivity index is 1.66. The molecule has 1 amide bonds. The van der Waals surface area contributed by atoms with Gasteiger partial charge in [-0.05, 0) is 58.9 Å². The van der Waals surface area contributed by atoms with E-state index in [0.717, 1.165) is 34.5 Å². The lowest BCUT2D eigenvalue weighted by Crippen LogP contribution is -2.26. The van der Waals surface area contributed by atoms with Gasteiger partial charge in [-0.25, -0.2) is 4.79 Å². The maximum absolute atomic E-state index is 13.3. The second-order valence-corrected chi connectivity index (χ2v) is 8.47. The number of rotatable bonds is 5. The zero-order valence-corrected chi connectivity index (χ0v) is 19.0. The van der Waals surface area contributed by atoms with Crippen LogP contribution in [0.2, 0.25) is 0 Å². The van der Waals surface area contributed by atoms with Crippen molar-refractivity contribution >= 4 is 23.3 Å². The molecular weight excluding hydrogens is 422 g/mol. The van der Waals surface area contributed by atoms with E-state index in [1.165, 1.54) is 18.2 Å². The van der Waals surface area contributed by atoms with E-state index < -0.39 is 5.97 Å². The Morgan fingerprint density at radius 3 is 2.53 bits per heavy atom. The normalized spacial score (nSPS) is 16.2. The number of fused-ring (bicyclic) bond motifs is 1. The summed E-state index contributed by atoms with van der Waals surface area (Å²) in [6.07, 6.45) is 8.34. The lowest BCUT2D eigenvalue weighted by molar-refractivity contribution is -0.116. The highest BCUT2D eigenvalue weighted by atomic mass is 16.5. The first-order chi connectivity index (χ1) is 16.6. The molecule has 0 saturated heterocycles. The zero-order chi connectivity index (χ0) is 23.5. The number of hydrogen-bond donors (Lipinski definition) is 0. The number of ether oxygens (including phenoxy) is 1. The van der Waals surface area contributed by atoms with Crippen molar-refractivity contribution in [2.24, 2.45) is 0 Å². The van der Waals surface area contributed by atoms with Crippen LogP contribution >= 0.6 is 0 Å². The minimum atomic E-state index is -0.400. The van der Waals surface area contributed by atoms with Crippen LogP contribution in [-0.4, -0.2) is 19.0 Å². The molecule has 0 bridgehead atoms. The van der Waals surface area contributed by atoms with Crippen LogP contribution in [0.1, 0.15) is 33.5 Å². The van der Waals surface area contributed by atoms with Crippen LogP contribution in [0.15, 0.2) is 108 Å². The molecule has 3 aromatic rings. The number of carbonyl (C=O) groups excluding carboxylic acids is 2. The van der Waals surface area contributed by atoms with Crippen molar-refractivity contribution in [2.75, 3.05) is 12.0 Å². The average molecular weight is 448 g/mol. The van der Waals surface area contributed by atoms with Crippen molar-refractivity contribution < 1.29 is 14.3 Å². The van der Waals surface area contributed by atoms with Crippen molar-refractivity contribution in [3.63, 3.8) is 0 Å². The van der Waals surface area contributed by atoms with E-state index >= 15 is 0 Å². The third-order valence-electron chi connectivity index (χ3n) is 6.19. The Labute approximate surface area is 199 Å². The smallest absolute Gasteiger partial charge is 0.337 e. The fourth-order valence-corrected chi connectivity index (χ4v) is 4.64. The van der Waals surface area contributed by atoms with Gasteiger partial charge in [0.15, 0.2) is 0 Å². The Bertz CT molecular complexity index is 1350. The zero-order valence-electron chi connectivity index (χ0n) is 19.0. The number of allylic oxidation sites excluding steroid dienone is 5. The van der Waals surface area contributed by atoms with Gasteiger partial charge in [-0.2, -0.15) is 0 Å². The van der Waals surface area contributed by atoms with Crippen molar-refractivity contribution in [2.45, 2.75) is 19.3 Å². The van der Waals surface area contributed by atoms with Crippen molar-refractivity contribution in [1.82, 2.24) is 0 Å². The number of esters is 1. The molecule has 0 spiro atoms. The van der Waals surface area contributed by atoms with Gasteiger partial charge in [-0.1, -0.05) is 78.9 Å². The molecule has 0 aromatic heterocycles. The molecule has 4 heteroatoms. The molecule has 2 aliphatic rings. The first-order valence-electron chi connectivity index (χ1n) is 11.4. The Morgan fingerprint density at radius 2 is 1.71 bits per heavy atom. The number of benzene rings is 3. The van der Waals surface area contributed by atoms with Gasteiger partial charge in [-0.3, -0.25) is 9.69 Å². The number of para-hydroxylation sites is 1. The Kier molecular flexibility index (Phi) is 5.96. The molecule has 168 valence electrons. The minimum absolute atomic E-state index is 0.0275. The first-order valence-corrected chi connectivity index (χ1v) is 11.4. The van der Waals surface area contributed by atoms with Gasteiger partial charge >= 0.3 is 5.97 Å². The average Bonchev–Trinajstić information content (AvgIpc) is 3.20.